The number of rotatable bonds is 4. The summed E-state index contributed by atoms with van der Waals surface area (Å²) in [5.74, 6) is 0.573. The van der Waals surface area contributed by atoms with E-state index in [2.05, 4.69) is 5.32 Å². The maximum atomic E-state index is 13.1. The van der Waals surface area contributed by atoms with Crippen LogP contribution in [0.15, 0.2) is 18.2 Å². The highest BCUT2D eigenvalue weighted by Crippen LogP contribution is 2.41. The fourth-order valence-corrected chi connectivity index (χ4v) is 4.37. The number of hydrogen-bond donors (Lipinski definition) is 1. The van der Waals surface area contributed by atoms with Gasteiger partial charge < -0.3 is 19.7 Å². The van der Waals surface area contributed by atoms with E-state index in [9.17, 15) is 14.0 Å². The molecule has 0 aromatic heterocycles. The molecule has 1 aliphatic carbocycles. The van der Waals surface area contributed by atoms with Crippen molar-refractivity contribution in [2.24, 2.45) is 11.8 Å². The number of amides is 2. The second-order valence-electron chi connectivity index (χ2n) is 7.74. The fourth-order valence-electron chi connectivity index (χ4n) is 4.15. The molecular formula is C19H22ClFN2O4. The standard InChI is InChI=1S/C19H22ClFN2O4/c20-15-7-14(21)1-2-16(15)26-10-12-3-5-23(6-4-12)17(24)13-8-19(9-13)11-27-18(25)22-19/h1-2,7,12-13H,3-6,8-11H2,(H,22,25)/t13-,19+. The topological polar surface area (TPSA) is 67.9 Å². The van der Waals surface area contributed by atoms with Crippen LogP contribution >= 0.6 is 11.6 Å². The first-order valence-corrected chi connectivity index (χ1v) is 9.63. The molecule has 4 rings (SSSR count). The van der Waals surface area contributed by atoms with Gasteiger partial charge in [0, 0.05) is 19.0 Å². The summed E-state index contributed by atoms with van der Waals surface area (Å²) in [6.07, 6.45) is 2.65. The largest absolute Gasteiger partial charge is 0.492 e. The molecule has 1 saturated carbocycles. The van der Waals surface area contributed by atoms with Crippen LogP contribution in [0.2, 0.25) is 5.02 Å². The van der Waals surface area contributed by atoms with Crippen LogP contribution < -0.4 is 10.1 Å². The van der Waals surface area contributed by atoms with Gasteiger partial charge in [0.2, 0.25) is 5.91 Å². The summed E-state index contributed by atoms with van der Waals surface area (Å²) in [4.78, 5) is 25.8. The molecule has 0 unspecified atom stereocenters. The number of nitrogens with zero attached hydrogens (tertiary/aromatic N) is 1. The van der Waals surface area contributed by atoms with Crippen molar-refractivity contribution in [3.05, 3.63) is 29.0 Å². The first kappa shape index (κ1) is 18.3. The Kier molecular flexibility index (Phi) is 4.88. The lowest BCUT2D eigenvalue weighted by Crippen LogP contribution is -2.58. The molecule has 0 radical (unpaired) electrons. The molecule has 2 aliphatic heterocycles. The molecule has 1 N–H and O–H groups in total. The Morgan fingerprint density at radius 2 is 2.11 bits per heavy atom. The van der Waals surface area contributed by atoms with Crippen molar-refractivity contribution in [2.75, 3.05) is 26.3 Å². The van der Waals surface area contributed by atoms with Crippen LogP contribution in [0.1, 0.15) is 25.7 Å². The summed E-state index contributed by atoms with van der Waals surface area (Å²) in [6.45, 7) is 2.27. The van der Waals surface area contributed by atoms with Gasteiger partial charge in [-0.2, -0.15) is 0 Å². The summed E-state index contributed by atoms with van der Waals surface area (Å²) in [5, 5.41) is 3.09. The van der Waals surface area contributed by atoms with Crippen LogP contribution in [0, 0.1) is 17.7 Å². The fraction of sp³-hybridized carbons (Fsp3) is 0.579. The number of piperidine rings is 1. The Balaban J connectivity index is 1.21. The van der Waals surface area contributed by atoms with Gasteiger partial charge >= 0.3 is 6.09 Å². The van der Waals surface area contributed by atoms with E-state index in [1.54, 1.807) is 0 Å². The minimum atomic E-state index is -0.388. The highest BCUT2D eigenvalue weighted by Gasteiger charge is 2.53. The Hall–Kier alpha value is -2.02. The van der Waals surface area contributed by atoms with E-state index in [1.165, 1.54) is 18.2 Å². The number of likely N-dealkylation sites (tertiary alicyclic amines) is 1. The molecule has 1 spiro atoms. The molecule has 8 heteroatoms. The molecule has 6 nitrogen and oxygen atoms in total. The van der Waals surface area contributed by atoms with Crippen LogP contribution in [0.25, 0.3) is 0 Å². The quantitative estimate of drug-likeness (QED) is 0.849. The lowest BCUT2D eigenvalue weighted by molar-refractivity contribution is -0.142. The molecule has 0 bridgehead atoms. The summed E-state index contributed by atoms with van der Waals surface area (Å²) in [7, 11) is 0. The number of cyclic esters (lactones) is 1. The van der Waals surface area contributed by atoms with Gasteiger partial charge in [-0.1, -0.05) is 11.6 Å². The van der Waals surface area contributed by atoms with Gasteiger partial charge in [0.05, 0.1) is 17.2 Å². The molecule has 2 saturated heterocycles. The van der Waals surface area contributed by atoms with E-state index < -0.39 is 0 Å². The minimum absolute atomic E-state index is 0.0298. The van der Waals surface area contributed by atoms with E-state index in [4.69, 9.17) is 21.1 Å². The summed E-state index contributed by atoms with van der Waals surface area (Å²) in [6, 6.07) is 4.10. The summed E-state index contributed by atoms with van der Waals surface area (Å²) >= 11 is 5.98. The lowest BCUT2D eigenvalue weighted by Gasteiger charge is -2.44. The molecule has 2 amide bonds. The predicted octanol–water partition coefficient (Wildman–Crippen LogP) is 2.99. The number of carbonyl (C=O) groups excluding carboxylic acids is 2. The number of ether oxygens (including phenoxy) is 2. The van der Waals surface area contributed by atoms with E-state index in [0.717, 1.165) is 12.8 Å². The van der Waals surface area contributed by atoms with Crippen molar-refractivity contribution in [1.29, 1.82) is 0 Å². The second kappa shape index (κ2) is 7.19. The van der Waals surface area contributed by atoms with Crippen LogP contribution in [-0.4, -0.2) is 48.7 Å². The molecular weight excluding hydrogens is 375 g/mol. The van der Waals surface area contributed by atoms with Crippen LogP contribution in [0.4, 0.5) is 9.18 Å². The zero-order valence-electron chi connectivity index (χ0n) is 14.9. The van der Waals surface area contributed by atoms with Gasteiger partial charge in [-0.25, -0.2) is 9.18 Å². The van der Waals surface area contributed by atoms with E-state index in [1.807, 2.05) is 4.90 Å². The maximum absolute atomic E-state index is 13.1. The molecule has 1 aromatic rings. The smallest absolute Gasteiger partial charge is 0.407 e. The monoisotopic (exact) mass is 396 g/mol. The number of carbonyl (C=O) groups is 2. The first-order valence-electron chi connectivity index (χ1n) is 9.26. The summed E-state index contributed by atoms with van der Waals surface area (Å²) in [5.41, 5.74) is -0.321. The zero-order valence-corrected chi connectivity index (χ0v) is 15.6. The Morgan fingerprint density at radius 1 is 1.37 bits per heavy atom. The highest BCUT2D eigenvalue weighted by atomic mass is 35.5. The van der Waals surface area contributed by atoms with Gasteiger partial charge in [-0.15, -0.1) is 0 Å². The molecule has 0 atom stereocenters. The van der Waals surface area contributed by atoms with Crippen molar-refractivity contribution in [1.82, 2.24) is 10.2 Å². The van der Waals surface area contributed by atoms with Crippen LogP contribution in [0.3, 0.4) is 0 Å². The Morgan fingerprint density at radius 3 is 2.74 bits per heavy atom. The van der Waals surface area contributed by atoms with Crippen molar-refractivity contribution >= 4 is 23.6 Å². The lowest BCUT2D eigenvalue weighted by atomic mass is 9.68. The second-order valence-corrected chi connectivity index (χ2v) is 8.15. The molecule has 146 valence electrons. The van der Waals surface area contributed by atoms with Crippen molar-refractivity contribution in [2.45, 2.75) is 31.2 Å². The SMILES string of the molecule is O=C1N[C@]2(CO1)C[C@H](C(=O)N1CCC(COc3ccc(F)cc3Cl)CC1)C2. The summed E-state index contributed by atoms with van der Waals surface area (Å²) < 4.78 is 23.8. The normalized spacial score (nSPS) is 27.9. The number of nitrogens with one attached hydrogen (secondary N) is 1. The van der Waals surface area contributed by atoms with Gasteiger partial charge in [-0.05, 0) is 49.8 Å². The Bertz CT molecular complexity index is 745. The van der Waals surface area contributed by atoms with Crippen LogP contribution in [0.5, 0.6) is 5.75 Å². The first-order chi connectivity index (χ1) is 12.9. The van der Waals surface area contributed by atoms with Crippen molar-refractivity contribution in [3.63, 3.8) is 0 Å². The Labute approximate surface area is 161 Å². The molecule has 27 heavy (non-hydrogen) atoms. The van der Waals surface area contributed by atoms with Crippen molar-refractivity contribution < 1.29 is 23.5 Å². The van der Waals surface area contributed by atoms with Gasteiger partial charge in [-0.3, -0.25) is 4.79 Å². The third-order valence-electron chi connectivity index (χ3n) is 5.76. The number of alkyl carbamates (subject to hydrolysis) is 1. The molecule has 2 heterocycles. The number of hydrogen-bond acceptors (Lipinski definition) is 4. The number of benzene rings is 1. The van der Waals surface area contributed by atoms with Gasteiger partial charge in [0.25, 0.3) is 0 Å². The van der Waals surface area contributed by atoms with Crippen molar-refractivity contribution in [3.8, 4) is 5.75 Å². The third-order valence-corrected chi connectivity index (χ3v) is 6.06. The molecule has 1 aromatic carbocycles. The number of halogens is 2. The molecule has 3 fully saturated rings. The molecule has 3 aliphatic rings. The zero-order chi connectivity index (χ0) is 19.0. The minimum Gasteiger partial charge on any atom is -0.492 e. The van der Waals surface area contributed by atoms with Gasteiger partial charge in [0.15, 0.2) is 0 Å². The average molecular weight is 397 g/mol. The average Bonchev–Trinajstić information content (AvgIpc) is 3.02. The van der Waals surface area contributed by atoms with E-state index in [0.29, 0.717) is 50.8 Å². The van der Waals surface area contributed by atoms with Gasteiger partial charge in [0.1, 0.15) is 18.2 Å². The van der Waals surface area contributed by atoms with E-state index in [-0.39, 0.29) is 34.3 Å². The van der Waals surface area contributed by atoms with Crippen LogP contribution in [-0.2, 0) is 9.53 Å². The third kappa shape index (κ3) is 3.83. The van der Waals surface area contributed by atoms with E-state index >= 15 is 0 Å². The maximum Gasteiger partial charge on any atom is 0.407 e. The predicted molar refractivity (Wildman–Crippen MR) is 96.1 cm³/mol. The highest BCUT2D eigenvalue weighted by molar-refractivity contribution is 6.32.